The zero-order chi connectivity index (χ0) is 21.5. The maximum absolute atomic E-state index is 13.8. The van der Waals surface area contributed by atoms with Gasteiger partial charge in [-0.3, -0.25) is 10.1 Å². The topological polar surface area (TPSA) is 74.1 Å². The Balaban J connectivity index is 1.81. The lowest BCUT2D eigenvalue weighted by Gasteiger charge is -2.41. The summed E-state index contributed by atoms with van der Waals surface area (Å²) in [7, 11) is 1.44. The average Bonchev–Trinajstić information content (AvgIpc) is 3.21. The highest BCUT2D eigenvalue weighted by molar-refractivity contribution is 5.46. The molecule has 0 saturated carbocycles. The van der Waals surface area contributed by atoms with Crippen LogP contribution in [0.4, 0.5) is 13.2 Å². The molecule has 0 unspecified atom stereocenters. The van der Waals surface area contributed by atoms with Crippen LogP contribution >= 0.6 is 0 Å². The van der Waals surface area contributed by atoms with E-state index < -0.39 is 35.1 Å². The lowest BCUT2D eigenvalue weighted by atomic mass is 9.74. The quantitative estimate of drug-likeness (QED) is 0.541. The second-order valence-electron chi connectivity index (χ2n) is 7.70. The van der Waals surface area contributed by atoms with Crippen molar-refractivity contribution in [1.29, 1.82) is 0 Å². The molecule has 0 spiro atoms. The molecule has 2 heterocycles. The van der Waals surface area contributed by atoms with Gasteiger partial charge in [0.15, 0.2) is 0 Å². The number of nitrogens with zero attached hydrogens (tertiary/aromatic N) is 2. The summed E-state index contributed by atoms with van der Waals surface area (Å²) in [6.45, 7) is 2.27. The molecule has 0 bridgehead atoms. The molecule has 30 heavy (non-hydrogen) atoms. The van der Waals surface area contributed by atoms with Crippen LogP contribution in [0.3, 0.4) is 0 Å². The third-order valence-electron chi connectivity index (χ3n) is 6.09. The van der Waals surface area contributed by atoms with Crippen molar-refractivity contribution in [3.05, 3.63) is 45.6 Å². The Bertz CT molecular complexity index is 838. The lowest BCUT2D eigenvalue weighted by molar-refractivity contribution is -0.550. The Morgan fingerprint density at radius 2 is 2.00 bits per heavy atom. The summed E-state index contributed by atoms with van der Waals surface area (Å²) in [6.07, 6.45) is -4.18. The van der Waals surface area contributed by atoms with Gasteiger partial charge in [-0.1, -0.05) is 6.08 Å². The van der Waals surface area contributed by atoms with Gasteiger partial charge in [0.1, 0.15) is 11.5 Å². The molecule has 1 aromatic carbocycles. The second-order valence-corrected chi connectivity index (χ2v) is 7.70. The first-order valence-corrected chi connectivity index (χ1v) is 9.89. The monoisotopic (exact) mass is 428 g/mol. The van der Waals surface area contributed by atoms with Crippen LogP contribution in [0.2, 0.25) is 0 Å². The SMILES string of the molecule is COc1ccc2c(c1)[C@H]([C@H]1CCC=C1N1CCOCC1)[C@@H]([N+](=O)[O-])[C@@H](C(F)(F)F)O2. The van der Waals surface area contributed by atoms with Crippen molar-refractivity contribution in [2.45, 2.75) is 37.1 Å². The molecule has 1 aromatic rings. The van der Waals surface area contributed by atoms with Crippen molar-refractivity contribution >= 4 is 0 Å². The van der Waals surface area contributed by atoms with Crippen molar-refractivity contribution in [3.63, 3.8) is 0 Å². The molecule has 4 rings (SSSR count). The number of methoxy groups -OCH3 is 1. The number of morpholine rings is 1. The summed E-state index contributed by atoms with van der Waals surface area (Å²) < 4.78 is 57.2. The van der Waals surface area contributed by atoms with Gasteiger partial charge in [0, 0.05) is 35.2 Å². The number of rotatable bonds is 4. The summed E-state index contributed by atoms with van der Waals surface area (Å²) in [5.74, 6) is -0.959. The van der Waals surface area contributed by atoms with E-state index >= 15 is 0 Å². The molecule has 0 amide bonds. The van der Waals surface area contributed by atoms with Gasteiger partial charge in [0.05, 0.1) is 26.2 Å². The van der Waals surface area contributed by atoms with Crippen LogP contribution in [0, 0.1) is 16.0 Å². The summed E-state index contributed by atoms with van der Waals surface area (Å²) in [5, 5.41) is 12.0. The van der Waals surface area contributed by atoms with E-state index in [1.807, 2.05) is 6.08 Å². The van der Waals surface area contributed by atoms with Crippen molar-refractivity contribution in [3.8, 4) is 11.5 Å². The molecule has 3 aliphatic rings. The molecule has 7 nitrogen and oxygen atoms in total. The van der Waals surface area contributed by atoms with Gasteiger partial charge in [-0.05, 0) is 31.0 Å². The van der Waals surface area contributed by atoms with Crippen LogP contribution in [0.1, 0.15) is 24.3 Å². The largest absolute Gasteiger partial charge is 0.497 e. The standard InChI is InChI=1S/C20H23F3N2O5/c1-28-12-5-6-16-14(11-12)17(18(25(26)27)19(30-16)20(21,22)23)13-3-2-4-15(13)24-7-9-29-10-8-24/h4-6,11,13,17-19H,2-3,7-10H2,1H3/t13-,17-,18+,19-/m0/s1. The fourth-order valence-corrected chi connectivity index (χ4v) is 4.82. The predicted octanol–water partition coefficient (Wildman–Crippen LogP) is 3.37. The summed E-state index contributed by atoms with van der Waals surface area (Å²) in [6, 6.07) is 2.53. The van der Waals surface area contributed by atoms with Gasteiger partial charge in [-0.2, -0.15) is 13.2 Å². The van der Waals surface area contributed by atoms with Gasteiger partial charge < -0.3 is 19.1 Å². The fourth-order valence-electron chi connectivity index (χ4n) is 4.82. The highest BCUT2D eigenvalue weighted by Crippen LogP contribution is 2.51. The van der Waals surface area contributed by atoms with Crippen molar-refractivity contribution in [2.75, 3.05) is 33.4 Å². The fraction of sp³-hybridized carbons (Fsp3) is 0.600. The van der Waals surface area contributed by atoms with Crippen molar-refractivity contribution in [1.82, 2.24) is 4.90 Å². The summed E-state index contributed by atoms with van der Waals surface area (Å²) >= 11 is 0. The number of allylic oxidation sites excluding steroid dienone is 2. The van der Waals surface area contributed by atoms with Gasteiger partial charge in [-0.15, -0.1) is 0 Å². The van der Waals surface area contributed by atoms with Crippen LogP contribution in [0.25, 0.3) is 0 Å². The second kappa shape index (κ2) is 7.98. The van der Waals surface area contributed by atoms with Crippen LogP contribution in [-0.2, 0) is 4.74 Å². The number of hydrogen-bond acceptors (Lipinski definition) is 6. The minimum atomic E-state index is -4.87. The van der Waals surface area contributed by atoms with Crippen LogP contribution < -0.4 is 9.47 Å². The van der Waals surface area contributed by atoms with E-state index in [9.17, 15) is 23.3 Å². The lowest BCUT2D eigenvalue weighted by Crippen LogP contribution is -2.55. The average molecular weight is 428 g/mol. The van der Waals surface area contributed by atoms with Crippen LogP contribution in [-0.4, -0.2) is 61.6 Å². The Kier molecular flexibility index (Phi) is 5.52. The van der Waals surface area contributed by atoms with Crippen molar-refractivity contribution < 1.29 is 32.3 Å². The molecule has 2 aliphatic heterocycles. The molecule has 4 atom stereocenters. The minimum absolute atomic E-state index is 0.0226. The Labute approximate surface area is 171 Å². The van der Waals surface area contributed by atoms with E-state index in [0.29, 0.717) is 50.5 Å². The maximum Gasteiger partial charge on any atom is 0.432 e. The molecule has 0 N–H and O–H groups in total. The zero-order valence-corrected chi connectivity index (χ0v) is 16.4. The van der Waals surface area contributed by atoms with E-state index in [1.54, 1.807) is 6.07 Å². The van der Waals surface area contributed by atoms with Gasteiger partial charge in [0.25, 0.3) is 12.1 Å². The van der Waals surface area contributed by atoms with Gasteiger partial charge >= 0.3 is 6.18 Å². The first kappa shape index (κ1) is 20.8. The minimum Gasteiger partial charge on any atom is -0.497 e. The van der Waals surface area contributed by atoms with Gasteiger partial charge in [0.2, 0.25) is 0 Å². The third-order valence-corrected chi connectivity index (χ3v) is 6.09. The number of ether oxygens (including phenoxy) is 3. The zero-order valence-electron chi connectivity index (χ0n) is 16.4. The maximum atomic E-state index is 13.8. The highest BCUT2D eigenvalue weighted by Gasteiger charge is 2.61. The number of halogens is 3. The van der Waals surface area contributed by atoms with E-state index in [-0.39, 0.29) is 5.75 Å². The predicted molar refractivity (Wildman–Crippen MR) is 100 cm³/mol. The number of fused-ring (bicyclic) bond motifs is 1. The normalized spacial score (nSPS) is 29.1. The Hall–Kier alpha value is -2.49. The number of hydrogen-bond donors (Lipinski definition) is 0. The van der Waals surface area contributed by atoms with Crippen molar-refractivity contribution in [2.24, 2.45) is 5.92 Å². The molecule has 1 aliphatic carbocycles. The number of alkyl halides is 3. The molecule has 1 saturated heterocycles. The van der Waals surface area contributed by atoms with Gasteiger partial charge in [-0.25, -0.2) is 0 Å². The molecule has 1 fully saturated rings. The molecular formula is C20H23F3N2O5. The van der Waals surface area contributed by atoms with E-state index in [2.05, 4.69) is 4.90 Å². The van der Waals surface area contributed by atoms with Crippen LogP contribution in [0.15, 0.2) is 30.0 Å². The van der Waals surface area contributed by atoms with E-state index in [4.69, 9.17) is 14.2 Å². The first-order valence-electron chi connectivity index (χ1n) is 9.89. The van der Waals surface area contributed by atoms with Crippen LogP contribution in [0.5, 0.6) is 11.5 Å². The molecular weight excluding hydrogens is 405 g/mol. The Morgan fingerprint density at radius 1 is 1.27 bits per heavy atom. The van der Waals surface area contributed by atoms with E-state index in [1.165, 1.54) is 19.2 Å². The molecule has 10 heteroatoms. The molecule has 0 radical (unpaired) electrons. The number of nitro groups is 1. The summed E-state index contributed by atoms with van der Waals surface area (Å²) in [4.78, 5) is 13.2. The molecule has 0 aromatic heterocycles. The van der Waals surface area contributed by atoms with E-state index in [0.717, 1.165) is 5.70 Å². The third kappa shape index (κ3) is 3.68. The summed E-state index contributed by atoms with van der Waals surface area (Å²) in [5.41, 5.74) is 1.26. The first-order chi connectivity index (χ1) is 14.3. The smallest absolute Gasteiger partial charge is 0.432 e. The highest BCUT2D eigenvalue weighted by atomic mass is 19.4. The molecule has 164 valence electrons. The Morgan fingerprint density at radius 3 is 2.63 bits per heavy atom. The number of benzene rings is 1.